The normalized spacial score (nSPS) is 8.70. The van der Waals surface area contributed by atoms with Gasteiger partial charge in [0.2, 0.25) is 0 Å². The SMILES string of the molecule is Cc1ccc(C)c(C)c1.[H-].[Li+]. The molecule has 0 spiro atoms. The van der Waals surface area contributed by atoms with Crippen LogP contribution in [0.4, 0.5) is 0 Å². The summed E-state index contributed by atoms with van der Waals surface area (Å²) >= 11 is 0. The van der Waals surface area contributed by atoms with Gasteiger partial charge >= 0.3 is 18.9 Å². The van der Waals surface area contributed by atoms with Crippen LogP contribution < -0.4 is 18.9 Å². The molecule has 0 aliphatic carbocycles. The van der Waals surface area contributed by atoms with Crippen molar-refractivity contribution < 1.29 is 20.3 Å². The van der Waals surface area contributed by atoms with Gasteiger partial charge in [0.25, 0.3) is 0 Å². The summed E-state index contributed by atoms with van der Waals surface area (Å²) in [6.45, 7) is 6.39. The number of hydrogen-bond acceptors (Lipinski definition) is 0. The summed E-state index contributed by atoms with van der Waals surface area (Å²) in [5, 5.41) is 0. The van der Waals surface area contributed by atoms with E-state index in [-0.39, 0.29) is 20.3 Å². The minimum Gasteiger partial charge on any atom is -1.00 e. The Morgan fingerprint density at radius 1 is 1.00 bits per heavy atom. The van der Waals surface area contributed by atoms with Gasteiger partial charge in [-0.3, -0.25) is 0 Å². The molecule has 0 aliphatic heterocycles. The summed E-state index contributed by atoms with van der Waals surface area (Å²) in [7, 11) is 0. The first-order valence-electron chi connectivity index (χ1n) is 3.24. The summed E-state index contributed by atoms with van der Waals surface area (Å²) in [6, 6.07) is 6.50. The molecule has 1 aromatic carbocycles. The van der Waals surface area contributed by atoms with Crippen LogP contribution in [0, 0.1) is 20.8 Å². The van der Waals surface area contributed by atoms with Crippen LogP contribution in [0.15, 0.2) is 18.2 Å². The summed E-state index contributed by atoms with van der Waals surface area (Å²) in [4.78, 5) is 0. The van der Waals surface area contributed by atoms with Crippen molar-refractivity contribution in [3.05, 3.63) is 34.9 Å². The van der Waals surface area contributed by atoms with Crippen LogP contribution >= 0.6 is 0 Å². The van der Waals surface area contributed by atoms with Gasteiger partial charge in [0.05, 0.1) is 0 Å². The van der Waals surface area contributed by atoms with Crippen LogP contribution in [0.2, 0.25) is 0 Å². The second-order valence-corrected chi connectivity index (χ2v) is 2.59. The molecule has 0 saturated carbocycles. The molecule has 0 aromatic heterocycles. The molecular formula is C9H13Li. The molecule has 0 N–H and O–H groups in total. The Morgan fingerprint density at radius 3 is 2.00 bits per heavy atom. The maximum atomic E-state index is 2.20. The van der Waals surface area contributed by atoms with Crippen LogP contribution in [0.1, 0.15) is 18.1 Å². The number of rotatable bonds is 0. The predicted molar refractivity (Wildman–Crippen MR) is 41.8 cm³/mol. The summed E-state index contributed by atoms with van der Waals surface area (Å²) in [5.41, 5.74) is 4.11. The Balaban J connectivity index is 0. The Morgan fingerprint density at radius 2 is 1.60 bits per heavy atom. The van der Waals surface area contributed by atoms with Crippen molar-refractivity contribution in [1.82, 2.24) is 0 Å². The standard InChI is InChI=1S/C9H12.Li.H/c1-7-4-5-8(2)9(3)6-7;;/h4-6H,1-3H3;;/q;+1;-1. The third-order valence-corrected chi connectivity index (χ3v) is 1.66. The van der Waals surface area contributed by atoms with Crippen LogP contribution in [0.25, 0.3) is 0 Å². The van der Waals surface area contributed by atoms with E-state index < -0.39 is 0 Å². The monoisotopic (exact) mass is 128 g/mol. The average Bonchev–Trinajstić information content (AvgIpc) is 1.80. The van der Waals surface area contributed by atoms with E-state index in [0.717, 1.165) is 0 Å². The van der Waals surface area contributed by atoms with Crippen molar-refractivity contribution in [1.29, 1.82) is 0 Å². The van der Waals surface area contributed by atoms with Crippen molar-refractivity contribution in [2.75, 3.05) is 0 Å². The van der Waals surface area contributed by atoms with Crippen LogP contribution in [0.3, 0.4) is 0 Å². The minimum atomic E-state index is 0. The molecule has 1 aromatic rings. The second-order valence-electron chi connectivity index (χ2n) is 2.59. The fourth-order valence-electron chi connectivity index (χ4n) is 0.891. The Labute approximate surface area is 76.3 Å². The minimum absolute atomic E-state index is 0. The molecule has 0 nitrogen and oxygen atoms in total. The Hall–Kier alpha value is -0.183. The van der Waals surface area contributed by atoms with Crippen molar-refractivity contribution in [3.63, 3.8) is 0 Å². The first-order valence-corrected chi connectivity index (χ1v) is 3.24. The smallest absolute Gasteiger partial charge is 1.00 e. The first-order chi connectivity index (χ1) is 4.20. The zero-order valence-electron chi connectivity index (χ0n) is 8.23. The van der Waals surface area contributed by atoms with E-state index in [9.17, 15) is 0 Å². The van der Waals surface area contributed by atoms with E-state index in [1.54, 1.807) is 0 Å². The summed E-state index contributed by atoms with van der Waals surface area (Å²) < 4.78 is 0. The summed E-state index contributed by atoms with van der Waals surface area (Å²) in [6.07, 6.45) is 0. The van der Waals surface area contributed by atoms with E-state index in [1.165, 1.54) is 16.7 Å². The molecule has 10 heavy (non-hydrogen) atoms. The number of benzene rings is 1. The van der Waals surface area contributed by atoms with Gasteiger partial charge in [0, 0.05) is 0 Å². The molecule has 0 atom stereocenters. The van der Waals surface area contributed by atoms with Gasteiger partial charge in [-0.1, -0.05) is 23.8 Å². The van der Waals surface area contributed by atoms with E-state index in [4.69, 9.17) is 0 Å². The zero-order valence-corrected chi connectivity index (χ0v) is 7.23. The van der Waals surface area contributed by atoms with Crippen LogP contribution in [0.5, 0.6) is 0 Å². The fourth-order valence-corrected chi connectivity index (χ4v) is 0.891. The third-order valence-electron chi connectivity index (χ3n) is 1.66. The number of hydrogen-bond donors (Lipinski definition) is 0. The first kappa shape index (κ1) is 9.82. The molecule has 0 fully saturated rings. The molecular weight excluding hydrogens is 115 g/mol. The second kappa shape index (κ2) is 3.86. The van der Waals surface area contributed by atoms with Gasteiger partial charge in [-0.25, -0.2) is 0 Å². The topological polar surface area (TPSA) is 0 Å². The van der Waals surface area contributed by atoms with Crippen LogP contribution in [-0.2, 0) is 0 Å². The van der Waals surface area contributed by atoms with E-state index in [0.29, 0.717) is 0 Å². The van der Waals surface area contributed by atoms with Crippen molar-refractivity contribution in [2.45, 2.75) is 20.8 Å². The molecule has 1 rings (SSSR count). The Kier molecular flexibility index (Phi) is 3.79. The van der Waals surface area contributed by atoms with Gasteiger partial charge in [-0.2, -0.15) is 0 Å². The maximum Gasteiger partial charge on any atom is 1.00 e. The molecule has 1 heteroatoms. The molecule has 0 heterocycles. The third kappa shape index (κ3) is 2.21. The number of aryl methyl sites for hydroxylation is 3. The molecule has 0 aliphatic rings. The largest absolute Gasteiger partial charge is 1.00 e. The molecule has 0 unspecified atom stereocenters. The maximum absolute atomic E-state index is 2.20. The fraction of sp³-hybridized carbons (Fsp3) is 0.333. The van der Waals surface area contributed by atoms with Gasteiger partial charge in [0.1, 0.15) is 0 Å². The predicted octanol–water partition coefficient (Wildman–Crippen LogP) is -0.272. The summed E-state index contributed by atoms with van der Waals surface area (Å²) in [5.74, 6) is 0. The molecule has 0 saturated heterocycles. The molecule has 0 bridgehead atoms. The van der Waals surface area contributed by atoms with Gasteiger partial charge < -0.3 is 1.43 Å². The van der Waals surface area contributed by atoms with Crippen molar-refractivity contribution in [2.24, 2.45) is 0 Å². The van der Waals surface area contributed by atoms with Gasteiger partial charge in [-0.05, 0) is 31.9 Å². The van der Waals surface area contributed by atoms with E-state index in [1.807, 2.05) is 0 Å². The zero-order chi connectivity index (χ0) is 6.85. The van der Waals surface area contributed by atoms with Crippen molar-refractivity contribution >= 4 is 0 Å². The van der Waals surface area contributed by atoms with E-state index in [2.05, 4.69) is 39.0 Å². The molecule has 0 radical (unpaired) electrons. The molecule has 0 amide bonds. The van der Waals surface area contributed by atoms with Gasteiger partial charge in [0.15, 0.2) is 0 Å². The molecule has 50 valence electrons. The quantitative estimate of drug-likeness (QED) is 0.422. The van der Waals surface area contributed by atoms with Gasteiger partial charge in [-0.15, -0.1) is 0 Å². The average molecular weight is 128 g/mol. The van der Waals surface area contributed by atoms with Crippen molar-refractivity contribution in [3.8, 4) is 0 Å². The van der Waals surface area contributed by atoms with Crippen LogP contribution in [-0.4, -0.2) is 0 Å². The van der Waals surface area contributed by atoms with E-state index >= 15 is 0 Å². The Bertz CT molecular complexity index is 221.